The third kappa shape index (κ3) is 2.56. The number of aromatic nitrogens is 1. The molecule has 0 spiro atoms. The predicted octanol–water partition coefficient (Wildman–Crippen LogP) is 4.13. The molecule has 1 aromatic heterocycles. The highest BCUT2D eigenvalue weighted by Crippen LogP contribution is 2.34. The molecule has 18 heavy (non-hydrogen) atoms. The molecule has 0 aliphatic carbocycles. The Balaban J connectivity index is 2.51. The van der Waals surface area contributed by atoms with Gasteiger partial charge in [0, 0.05) is 11.6 Å². The number of aromatic hydroxyl groups is 1. The van der Waals surface area contributed by atoms with Gasteiger partial charge >= 0.3 is 6.18 Å². The van der Waals surface area contributed by atoms with Gasteiger partial charge in [0.25, 0.3) is 0 Å². The first-order valence-electron chi connectivity index (χ1n) is 4.90. The molecular weight excluding hydrogens is 267 g/mol. The van der Waals surface area contributed by atoms with Crippen molar-refractivity contribution in [3.8, 4) is 17.0 Å². The van der Waals surface area contributed by atoms with Crippen LogP contribution >= 0.6 is 11.6 Å². The molecule has 0 fully saturated rings. The molecular formula is C12H7ClF3NO. The van der Waals surface area contributed by atoms with Gasteiger partial charge in [0.2, 0.25) is 0 Å². The van der Waals surface area contributed by atoms with Gasteiger partial charge in [-0.15, -0.1) is 0 Å². The largest absolute Gasteiger partial charge is 0.506 e. The summed E-state index contributed by atoms with van der Waals surface area (Å²) >= 11 is 5.83. The SMILES string of the molecule is Oc1cnc(-c2cccc(C(F)(F)F)c2)c(Cl)c1. The first kappa shape index (κ1) is 12.7. The summed E-state index contributed by atoms with van der Waals surface area (Å²) in [4.78, 5) is 3.82. The number of rotatable bonds is 1. The lowest BCUT2D eigenvalue weighted by molar-refractivity contribution is -0.137. The molecule has 0 radical (unpaired) electrons. The van der Waals surface area contributed by atoms with E-state index in [9.17, 15) is 13.2 Å². The second kappa shape index (κ2) is 4.49. The van der Waals surface area contributed by atoms with Crippen molar-refractivity contribution < 1.29 is 18.3 Å². The summed E-state index contributed by atoms with van der Waals surface area (Å²) in [6.07, 6.45) is -3.29. The highest BCUT2D eigenvalue weighted by molar-refractivity contribution is 6.33. The number of nitrogens with zero attached hydrogens (tertiary/aromatic N) is 1. The fourth-order valence-electron chi connectivity index (χ4n) is 1.48. The Bertz CT molecular complexity index is 584. The van der Waals surface area contributed by atoms with Crippen molar-refractivity contribution in [1.29, 1.82) is 0 Å². The van der Waals surface area contributed by atoms with E-state index in [0.717, 1.165) is 18.3 Å². The van der Waals surface area contributed by atoms with E-state index in [4.69, 9.17) is 16.7 Å². The van der Waals surface area contributed by atoms with E-state index in [-0.39, 0.29) is 22.0 Å². The van der Waals surface area contributed by atoms with Crippen molar-refractivity contribution >= 4 is 11.6 Å². The zero-order valence-electron chi connectivity index (χ0n) is 8.87. The highest BCUT2D eigenvalue weighted by atomic mass is 35.5. The summed E-state index contributed by atoms with van der Waals surface area (Å²) in [5, 5.41) is 9.23. The van der Waals surface area contributed by atoms with Gasteiger partial charge in [0.15, 0.2) is 0 Å². The van der Waals surface area contributed by atoms with Crippen LogP contribution in [-0.2, 0) is 6.18 Å². The van der Waals surface area contributed by atoms with Gasteiger partial charge in [0.05, 0.1) is 22.5 Å². The number of hydrogen-bond donors (Lipinski definition) is 1. The van der Waals surface area contributed by atoms with Crippen LogP contribution in [0, 0.1) is 0 Å². The van der Waals surface area contributed by atoms with Crippen molar-refractivity contribution in [2.45, 2.75) is 6.18 Å². The van der Waals surface area contributed by atoms with Gasteiger partial charge in [-0.2, -0.15) is 13.2 Å². The van der Waals surface area contributed by atoms with Crippen molar-refractivity contribution in [2.24, 2.45) is 0 Å². The zero-order chi connectivity index (χ0) is 13.3. The number of pyridine rings is 1. The number of halogens is 4. The molecule has 0 saturated heterocycles. The molecule has 6 heteroatoms. The minimum atomic E-state index is -4.42. The van der Waals surface area contributed by atoms with Crippen LogP contribution in [0.1, 0.15) is 5.56 Å². The number of alkyl halides is 3. The first-order valence-corrected chi connectivity index (χ1v) is 5.28. The summed E-state index contributed by atoms with van der Waals surface area (Å²) in [5.74, 6) is -0.143. The molecule has 0 saturated carbocycles. The molecule has 1 N–H and O–H groups in total. The number of benzene rings is 1. The monoisotopic (exact) mass is 273 g/mol. The smallest absolute Gasteiger partial charge is 0.416 e. The highest BCUT2D eigenvalue weighted by Gasteiger charge is 2.30. The molecule has 0 bridgehead atoms. The normalized spacial score (nSPS) is 11.6. The fourth-order valence-corrected chi connectivity index (χ4v) is 1.75. The Kier molecular flexibility index (Phi) is 3.17. The summed E-state index contributed by atoms with van der Waals surface area (Å²) in [6, 6.07) is 5.91. The second-order valence-corrected chi connectivity index (χ2v) is 4.01. The average molecular weight is 274 g/mol. The van der Waals surface area contributed by atoms with Crippen LogP contribution in [0.15, 0.2) is 36.5 Å². The van der Waals surface area contributed by atoms with Gasteiger partial charge in [-0.25, -0.2) is 0 Å². The number of hydrogen-bond acceptors (Lipinski definition) is 2. The van der Waals surface area contributed by atoms with Gasteiger partial charge < -0.3 is 5.11 Å². The van der Waals surface area contributed by atoms with E-state index >= 15 is 0 Å². The molecule has 2 aromatic rings. The minimum Gasteiger partial charge on any atom is -0.506 e. The molecule has 0 unspecified atom stereocenters. The Labute approximate surface area is 106 Å². The van der Waals surface area contributed by atoms with Crippen molar-refractivity contribution in [2.75, 3.05) is 0 Å². The fraction of sp³-hybridized carbons (Fsp3) is 0.0833. The summed E-state index contributed by atoms with van der Waals surface area (Å²) in [6.45, 7) is 0. The lowest BCUT2D eigenvalue weighted by Crippen LogP contribution is -2.04. The minimum absolute atomic E-state index is 0.0920. The molecule has 0 aliphatic heterocycles. The third-order valence-electron chi connectivity index (χ3n) is 2.29. The van der Waals surface area contributed by atoms with Gasteiger partial charge in [-0.1, -0.05) is 23.7 Å². The standard InChI is InChI=1S/C12H7ClF3NO/c13-10-5-9(18)6-17-11(10)7-2-1-3-8(4-7)12(14,15)16/h1-6,18H. The van der Waals surface area contributed by atoms with E-state index < -0.39 is 11.7 Å². The van der Waals surface area contributed by atoms with E-state index in [1.165, 1.54) is 18.2 Å². The quantitative estimate of drug-likeness (QED) is 0.847. The van der Waals surface area contributed by atoms with Crippen molar-refractivity contribution in [1.82, 2.24) is 4.98 Å². The molecule has 0 amide bonds. The Hall–Kier alpha value is -1.75. The Morgan fingerprint density at radius 3 is 2.50 bits per heavy atom. The van der Waals surface area contributed by atoms with Gasteiger partial charge in [-0.05, 0) is 12.1 Å². The lowest BCUT2D eigenvalue weighted by Gasteiger charge is -2.09. The molecule has 0 atom stereocenters. The van der Waals surface area contributed by atoms with Crippen LogP contribution in [0.2, 0.25) is 5.02 Å². The molecule has 94 valence electrons. The topological polar surface area (TPSA) is 33.1 Å². The summed E-state index contributed by atoms with van der Waals surface area (Å²) < 4.78 is 37.7. The summed E-state index contributed by atoms with van der Waals surface area (Å²) in [7, 11) is 0. The molecule has 0 aliphatic rings. The van der Waals surface area contributed by atoms with Crippen molar-refractivity contribution in [3.05, 3.63) is 47.1 Å². The van der Waals surface area contributed by atoms with Gasteiger partial charge in [0.1, 0.15) is 5.75 Å². The van der Waals surface area contributed by atoms with Crippen molar-refractivity contribution in [3.63, 3.8) is 0 Å². The zero-order valence-corrected chi connectivity index (χ0v) is 9.63. The summed E-state index contributed by atoms with van der Waals surface area (Å²) in [5.41, 5.74) is -0.332. The van der Waals surface area contributed by atoms with Crippen LogP contribution in [-0.4, -0.2) is 10.1 Å². The van der Waals surface area contributed by atoms with Crippen LogP contribution in [0.4, 0.5) is 13.2 Å². The van der Waals surface area contributed by atoms with E-state index in [0.29, 0.717) is 0 Å². The maximum Gasteiger partial charge on any atom is 0.416 e. The lowest BCUT2D eigenvalue weighted by atomic mass is 10.1. The maximum atomic E-state index is 12.6. The molecule has 2 rings (SSSR count). The van der Waals surface area contributed by atoms with E-state index in [2.05, 4.69) is 4.98 Å². The third-order valence-corrected chi connectivity index (χ3v) is 2.58. The first-order chi connectivity index (χ1) is 8.38. The van der Waals surface area contributed by atoms with Gasteiger partial charge in [-0.3, -0.25) is 4.98 Å². The van der Waals surface area contributed by atoms with Crippen LogP contribution in [0.3, 0.4) is 0 Å². The molecule has 2 nitrogen and oxygen atoms in total. The van der Waals surface area contributed by atoms with E-state index in [1.54, 1.807) is 0 Å². The molecule has 1 heterocycles. The van der Waals surface area contributed by atoms with Crippen LogP contribution in [0.5, 0.6) is 5.75 Å². The molecule has 1 aromatic carbocycles. The average Bonchev–Trinajstić information content (AvgIpc) is 2.28. The Morgan fingerprint density at radius 2 is 1.89 bits per heavy atom. The second-order valence-electron chi connectivity index (χ2n) is 3.60. The van der Waals surface area contributed by atoms with Crippen LogP contribution < -0.4 is 0 Å². The Morgan fingerprint density at radius 1 is 1.17 bits per heavy atom. The maximum absolute atomic E-state index is 12.6. The van der Waals surface area contributed by atoms with Crippen LogP contribution in [0.25, 0.3) is 11.3 Å². The van der Waals surface area contributed by atoms with E-state index in [1.807, 2.05) is 0 Å². The predicted molar refractivity (Wildman–Crippen MR) is 61.3 cm³/mol.